The van der Waals surface area contributed by atoms with Crippen LogP contribution < -0.4 is 4.74 Å². The van der Waals surface area contributed by atoms with E-state index in [1.54, 1.807) is 12.1 Å². The lowest BCUT2D eigenvalue weighted by molar-refractivity contribution is 0.0337. The molecule has 0 bridgehead atoms. The highest BCUT2D eigenvalue weighted by Crippen LogP contribution is 2.21. The Morgan fingerprint density at radius 2 is 1.83 bits per heavy atom. The van der Waals surface area contributed by atoms with E-state index in [0.29, 0.717) is 5.56 Å². The second kappa shape index (κ2) is 8.40. The van der Waals surface area contributed by atoms with Crippen LogP contribution in [0.15, 0.2) is 24.3 Å². The first-order valence-electron chi connectivity index (χ1n) is 6.38. The highest BCUT2D eigenvalue weighted by molar-refractivity contribution is 7.80. The molecule has 0 aliphatic rings. The second-order valence-corrected chi connectivity index (χ2v) is 4.68. The average Bonchev–Trinajstić information content (AvgIpc) is 2.42. The highest BCUT2D eigenvalue weighted by Gasteiger charge is 2.16. The lowest BCUT2D eigenvalue weighted by atomic mass is 10.1. The SMILES string of the molecule is CCCCCOc1ccc(C(O)C(O)CS)cc1. The van der Waals surface area contributed by atoms with Crippen LogP contribution in [0.4, 0.5) is 0 Å². The van der Waals surface area contributed by atoms with Gasteiger partial charge in [-0.05, 0) is 24.1 Å². The van der Waals surface area contributed by atoms with Crippen LogP contribution in [-0.2, 0) is 0 Å². The molecule has 2 N–H and O–H groups in total. The maximum absolute atomic E-state index is 9.79. The van der Waals surface area contributed by atoms with Gasteiger partial charge < -0.3 is 14.9 Å². The molecule has 0 radical (unpaired) electrons. The van der Waals surface area contributed by atoms with Gasteiger partial charge in [-0.1, -0.05) is 31.9 Å². The van der Waals surface area contributed by atoms with E-state index in [2.05, 4.69) is 19.6 Å². The Morgan fingerprint density at radius 1 is 1.17 bits per heavy atom. The van der Waals surface area contributed by atoms with E-state index in [0.717, 1.165) is 18.8 Å². The first-order valence-corrected chi connectivity index (χ1v) is 7.02. The van der Waals surface area contributed by atoms with Gasteiger partial charge in [0.1, 0.15) is 11.9 Å². The summed E-state index contributed by atoms with van der Waals surface area (Å²) in [5.41, 5.74) is 0.678. The number of thiol groups is 1. The summed E-state index contributed by atoms with van der Waals surface area (Å²) in [7, 11) is 0. The number of rotatable bonds is 8. The third kappa shape index (κ3) is 4.88. The number of hydrogen-bond donors (Lipinski definition) is 3. The van der Waals surface area contributed by atoms with Crippen molar-refractivity contribution in [2.24, 2.45) is 0 Å². The lowest BCUT2D eigenvalue weighted by Crippen LogP contribution is -2.19. The molecule has 0 aromatic heterocycles. The Morgan fingerprint density at radius 3 is 2.39 bits per heavy atom. The topological polar surface area (TPSA) is 49.7 Å². The molecule has 0 spiro atoms. The van der Waals surface area contributed by atoms with Crippen LogP contribution in [0.2, 0.25) is 0 Å². The summed E-state index contributed by atoms with van der Waals surface area (Å²) in [5.74, 6) is 1.03. The van der Waals surface area contributed by atoms with E-state index < -0.39 is 12.2 Å². The van der Waals surface area contributed by atoms with Gasteiger partial charge in [0.05, 0.1) is 12.7 Å². The number of unbranched alkanes of at least 4 members (excludes halogenated alkanes) is 2. The third-order valence-electron chi connectivity index (χ3n) is 2.79. The maximum Gasteiger partial charge on any atom is 0.119 e. The van der Waals surface area contributed by atoms with Crippen molar-refractivity contribution in [2.75, 3.05) is 12.4 Å². The van der Waals surface area contributed by atoms with Gasteiger partial charge in [-0.25, -0.2) is 0 Å². The third-order valence-corrected chi connectivity index (χ3v) is 3.16. The first kappa shape index (κ1) is 15.3. The fraction of sp³-hybridized carbons (Fsp3) is 0.571. The van der Waals surface area contributed by atoms with Gasteiger partial charge in [-0.2, -0.15) is 12.6 Å². The van der Waals surface area contributed by atoms with Gasteiger partial charge in [-0.3, -0.25) is 0 Å². The molecule has 1 aromatic carbocycles. The van der Waals surface area contributed by atoms with Crippen molar-refractivity contribution < 1.29 is 14.9 Å². The smallest absolute Gasteiger partial charge is 0.119 e. The van der Waals surface area contributed by atoms with E-state index in [9.17, 15) is 10.2 Å². The minimum atomic E-state index is -0.892. The van der Waals surface area contributed by atoms with E-state index in [1.165, 1.54) is 12.8 Å². The Hall–Kier alpha value is -0.710. The lowest BCUT2D eigenvalue weighted by Gasteiger charge is -2.16. The van der Waals surface area contributed by atoms with Crippen molar-refractivity contribution in [3.8, 4) is 5.75 Å². The van der Waals surface area contributed by atoms with Gasteiger partial charge >= 0.3 is 0 Å². The Balaban J connectivity index is 2.47. The number of ether oxygens (including phenoxy) is 1. The zero-order valence-corrected chi connectivity index (χ0v) is 11.6. The van der Waals surface area contributed by atoms with Crippen molar-refractivity contribution >= 4 is 12.6 Å². The Labute approximate surface area is 114 Å². The molecular formula is C14H22O3S. The molecule has 0 amide bonds. The quantitative estimate of drug-likeness (QED) is 0.503. The summed E-state index contributed by atoms with van der Waals surface area (Å²) in [6.45, 7) is 2.87. The Kier molecular flexibility index (Phi) is 7.16. The number of benzene rings is 1. The summed E-state index contributed by atoms with van der Waals surface area (Å²) in [6, 6.07) is 7.17. The van der Waals surface area contributed by atoms with Crippen LogP contribution in [0.5, 0.6) is 5.75 Å². The summed E-state index contributed by atoms with van der Waals surface area (Å²) in [5, 5.41) is 19.3. The summed E-state index contributed by atoms with van der Waals surface area (Å²) < 4.78 is 5.57. The van der Waals surface area contributed by atoms with Gasteiger partial charge in [0.25, 0.3) is 0 Å². The monoisotopic (exact) mass is 270 g/mol. The predicted octanol–water partition coefficient (Wildman–Crippen LogP) is 2.58. The molecule has 0 saturated carbocycles. The summed E-state index contributed by atoms with van der Waals surface area (Å²) in [4.78, 5) is 0. The molecule has 0 heterocycles. The van der Waals surface area contributed by atoms with Crippen molar-refractivity contribution in [3.05, 3.63) is 29.8 Å². The fourth-order valence-corrected chi connectivity index (χ4v) is 1.82. The van der Waals surface area contributed by atoms with Gasteiger partial charge in [0.2, 0.25) is 0 Å². The van der Waals surface area contributed by atoms with E-state index >= 15 is 0 Å². The van der Waals surface area contributed by atoms with Gasteiger partial charge in [-0.15, -0.1) is 0 Å². The zero-order chi connectivity index (χ0) is 13.4. The molecule has 0 aliphatic carbocycles. The van der Waals surface area contributed by atoms with Gasteiger partial charge in [0, 0.05) is 5.75 Å². The predicted molar refractivity (Wildman–Crippen MR) is 76.3 cm³/mol. The normalized spacial score (nSPS) is 14.2. The highest BCUT2D eigenvalue weighted by atomic mass is 32.1. The van der Waals surface area contributed by atoms with Crippen molar-refractivity contribution in [2.45, 2.75) is 38.4 Å². The van der Waals surface area contributed by atoms with Crippen molar-refractivity contribution in [1.82, 2.24) is 0 Å². The second-order valence-electron chi connectivity index (χ2n) is 4.32. The molecule has 2 atom stereocenters. The number of aliphatic hydroxyl groups is 2. The van der Waals surface area contributed by atoms with E-state index in [1.807, 2.05) is 12.1 Å². The molecule has 102 valence electrons. The molecule has 0 fully saturated rings. The van der Waals surface area contributed by atoms with Crippen LogP contribution in [0, 0.1) is 0 Å². The fourth-order valence-electron chi connectivity index (χ4n) is 1.63. The minimum absolute atomic E-state index is 0.233. The molecule has 0 aliphatic heterocycles. The van der Waals surface area contributed by atoms with Crippen molar-refractivity contribution in [3.63, 3.8) is 0 Å². The van der Waals surface area contributed by atoms with Crippen LogP contribution in [0.3, 0.4) is 0 Å². The number of hydrogen-bond acceptors (Lipinski definition) is 4. The van der Waals surface area contributed by atoms with Crippen LogP contribution in [-0.4, -0.2) is 28.7 Å². The molecule has 0 saturated heterocycles. The molecule has 2 unspecified atom stereocenters. The van der Waals surface area contributed by atoms with E-state index in [-0.39, 0.29) is 5.75 Å². The molecule has 4 heteroatoms. The molecule has 18 heavy (non-hydrogen) atoms. The summed E-state index contributed by atoms with van der Waals surface area (Å²) in [6.07, 6.45) is 1.67. The van der Waals surface area contributed by atoms with Crippen LogP contribution in [0.1, 0.15) is 37.9 Å². The van der Waals surface area contributed by atoms with Crippen LogP contribution >= 0.6 is 12.6 Å². The first-order chi connectivity index (χ1) is 8.69. The number of aliphatic hydroxyl groups excluding tert-OH is 2. The van der Waals surface area contributed by atoms with Crippen molar-refractivity contribution in [1.29, 1.82) is 0 Å². The Bertz CT molecular complexity index is 326. The molecule has 3 nitrogen and oxygen atoms in total. The average molecular weight is 270 g/mol. The minimum Gasteiger partial charge on any atom is -0.494 e. The zero-order valence-electron chi connectivity index (χ0n) is 10.7. The van der Waals surface area contributed by atoms with Crippen LogP contribution in [0.25, 0.3) is 0 Å². The molecule has 1 aromatic rings. The summed E-state index contributed by atoms with van der Waals surface area (Å²) >= 11 is 3.96. The largest absolute Gasteiger partial charge is 0.494 e. The maximum atomic E-state index is 9.79. The van der Waals surface area contributed by atoms with E-state index in [4.69, 9.17) is 4.74 Å². The van der Waals surface area contributed by atoms with Gasteiger partial charge in [0.15, 0.2) is 0 Å². The molecule has 1 rings (SSSR count). The molecular weight excluding hydrogens is 248 g/mol. The standard InChI is InChI=1S/C14H22O3S/c1-2-3-4-9-17-12-7-5-11(6-8-12)14(16)13(15)10-18/h5-8,13-16,18H,2-4,9-10H2,1H3.